The van der Waals surface area contributed by atoms with Crippen molar-refractivity contribution in [2.75, 3.05) is 5.32 Å². The molecule has 2 amide bonds. The predicted molar refractivity (Wildman–Crippen MR) is 156 cm³/mol. The van der Waals surface area contributed by atoms with Crippen molar-refractivity contribution in [2.45, 2.75) is 122 Å². The van der Waals surface area contributed by atoms with Gasteiger partial charge in [-0.25, -0.2) is 0 Å². The average molecular weight is 533 g/mol. The van der Waals surface area contributed by atoms with Gasteiger partial charge in [0.25, 0.3) is 0 Å². The zero-order valence-electron chi connectivity index (χ0n) is 23.0. The van der Waals surface area contributed by atoms with Gasteiger partial charge in [-0.3, -0.25) is 14.3 Å². The molecular weight excluding hydrogens is 484 g/mol. The lowest BCUT2D eigenvalue weighted by atomic mass is 9.69. The molecule has 2 N–H and O–H groups in total. The van der Waals surface area contributed by atoms with E-state index in [2.05, 4.69) is 37.7 Å². The van der Waals surface area contributed by atoms with Crippen LogP contribution in [0, 0.1) is 22.7 Å². The van der Waals surface area contributed by atoms with Crippen molar-refractivity contribution in [1.29, 1.82) is 0 Å². The number of benzene rings is 1. The molecule has 0 aromatic heterocycles. The van der Waals surface area contributed by atoms with Crippen LogP contribution < -0.4 is 10.0 Å². The molecule has 0 unspecified atom stereocenters. The van der Waals surface area contributed by atoms with Gasteiger partial charge in [-0.1, -0.05) is 78.4 Å². The number of carbonyl (C=O) groups excluding carboxylic acids is 2. The third-order valence-corrected chi connectivity index (χ3v) is 10.3. The van der Waals surface area contributed by atoms with E-state index in [1.165, 1.54) is 34.6 Å². The lowest BCUT2D eigenvalue weighted by Crippen LogP contribution is -2.39. The molecule has 1 aromatic carbocycles. The standard InChI is InChI=1S/C30H48N2O2S2/c1-23(2)15-21-29(17-9-5-10-18-29)27(33)31-25-13-7-8-14-26(25)35-36-32-28(34)30(22-16-24(3)4)19-11-6-12-20-30/h7-8,13-14,23-24H,5-6,9-12,15-22H2,1-4H3,(H,31,33)(H,32,34). The van der Waals surface area contributed by atoms with Gasteiger partial charge in [0.1, 0.15) is 0 Å². The lowest BCUT2D eigenvalue weighted by Gasteiger charge is -2.36. The Morgan fingerprint density at radius 3 is 1.81 bits per heavy atom. The summed E-state index contributed by atoms with van der Waals surface area (Å²) in [4.78, 5) is 28.0. The Labute approximate surface area is 227 Å². The number of anilines is 1. The van der Waals surface area contributed by atoms with Crippen LogP contribution in [0.2, 0.25) is 0 Å². The van der Waals surface area contributed by atoms with Gasteiger partial charge in [-0.05, 0) is 86.1 Å². The molecule has 0 atom stereocenters. The minimum Gasteiger partial charge on any atom is -0.325 e. The Morgan fingerprint density at radius 2 is 1.28 bits per heavy atom. The maximum Gasteiger partial charge on any atom is 0.236 e. The van der Waals surface area contributed by atoms with E-state index in [4.69, 9.17) is 0 Å². The Hall–Kier alpha value is -1.14. The van der Waals surface area contributed by atoms with Crippen molar-refractivity contribution in [1.82, 2.24) is 4.72 Å². The molecule has 6 heteroatoms. The third kappa shape index (κ3) is 8.18. The highest BCUT2D eigenvalue weighted by molar-refractivity contribution is 8.76. The summed E-state index contributed by atoms with van der Waals surface area (Å²) in [5, 5.41) is 3.30. The van der Waals surface area contributed by atoms with E-state index < -0.39 is 0 Å². The number of nitrogens with one attached hydrogen (secondary N) is 2. The van der Waals surface area contributed by atoms with Crippen molar-refractivity contribution < 1.29 is 9.59 Å². The first-order valence-corrected chi connectivity index (χ1v) is 16.5. The van der Waals surface area contributed by atoms with Gasteiger partial charge >= 0.3 is 0 Å². The number of carbonyl (C=O) groups is 2. The minimum absolute atomic E-state index is 0.180. The fourth-order valence-corrected chi connectivity index (χ4v) is 7.70. The van der Waals surface area contributed by atoms with Crippen molar-refractivity contribution in [3.63, 3.8) is 0 Å². The van der Waals surface area contributed by atoms with E-state index in [1.54, 1.807) is 0 Å². The Morgan fingerprint density at radius 1 is 0.778 bits per heavy atom. The Bertz CT molecular complexity index is 843. The van der Waals surface area contributed by atoms with E-state index in [-0.39, 0.29) is 22.6 Å². The second-order valence-corrected chi connectivity index (χ2v) is 14.1. The molecule has 0 radical (unpaired) electrons. The summed E-state index contributed by atoms with van der Waals surface area (Å²) in [7, 11) is 2.94. The highest BCUT2D eigenvalue weighted by Crippen LogP contribution is 2.45. The van der Waals surface area contributed by atoms with Crippen LogP contribution in [0.4, 0.5) is 5.69 Å². The molecule has 4 nitrogen and oxygen atoms in total. The molecule has 36 heavy (non-hydrogen) atoms. The van der Waals surface area contributed by atoms with Crippen LogP contribution in [0.25, 0.3) is 0 Å². The van der Waals surface area contributed by atoms with Crippen LogP contribution in [0.15, 0.2) is 29.2 Å². The van der Waals surface area contributed by atoms with Crippen molar-refractivity contribution in [3.05, 3.63) is 24.3 Å². The van der Waals surface area contributed by atoms with E-state index in [0.717, 1.165) is 87.6 Å². The molecule has 1 aromatic rings. The number of rotatable bonds is 12. The minimum atomic E-state index is -0.245. The lowest BCUT2D eigenvalue weighted by molar-refractivity contribution is -0.131. The van der Waals surface area contributed by atoms with Crippen LogP contribution in [-0.4, -0.2) is 11.8 Å². The Balaban J connectivity index is 1.62. The van der Waals surface area contributed by atoms with Crippen LogP contribution in [0.3, 0.4) is 0 Å². The molecule has 2 aliphatic rings. The van der Waals surface area contributed by atoms with Gasteiger partial charge < -0.3 is 5.32 Å². The molecule has 0 saturated heterocycles. The van der Waals surface area contributed by atoms with Crippen LogP contribution in [0.5, 0.6) is 0 Å². The quantitative estimate of drug-likeness (QED) is 0.208. The average Bonchev–Trinajstić information content (AvgIpc) is 2.88. The molecule has 2 saturated carbocycles. The smallest absolute Gasteiger partial charge is 0.236 e. The summed E-state index contributed by atoms with van der Waals surface area (Å²) in [5.41, 5.74) is 0.398. The molecule has 0 heterocycles. The third-order valence-electron chi connectivity index (χ3n) is 8.39. The summed E-state index contributed by atoms with van der Waals surface area (Å²) in [6, 6.07) is 8.01. The predicted octanol–water partition coefficient (Wildman–Crippen LogP) is 9.17. The Kier molecular flexibility index (Phi) is 11.5. The highest BCUT2D eigenvalue weighted by Gasteiger charge is 2.40. The maximum absolute atomic E-state index is 13.6. The molecule has 2 aliphatic carbocycles. The number of para-hydroxylation sites is 1. The van der Waals surface area contributed by atoms with E-state index in [1.807, 2.05) is 24.3 Å². The fourth-order valence-electron chi connectivity index (χ4n) is 5.88. The molecule has 3 rings (SSSR count). The molecule has 2 fully saturated rings. The molecule has 0 bridgehead atoms. The van der Waals surface area contributed by atoms with E-state index in [9.17, 15) is 9.59 Å². The highest BCUT2D eigenvalue weighted by atomic mass is 33.1. The van der Waals surface area contributed by atoms with Crippen LogP contribution in [0.1, 0.15) is 118 Å². The summed E-state index contributed by atoms with van der Waals surface area (Å²) in [5.74, 6) is 1.59. The summed E-state index contributed by atoms with van der Waals surface area (Å²) < 4.78 is 3.18. The van der Waals surface area contributed by atoms with Crippen LogP contribution in [-0.2, 0) is 9.59 Å². The van der Waals surface area contributed by atoms with Gasteiger partial charge in [0, 0.05) is 21.3 Å². The van der Waals surface area contributed by atoms with Gasteiger partial charge in [0.05, 0.1) is 11.1 Å². The fraction of sp³-hybridized carbons (Fsp3) is 0.733. The SMILES string of the molecule is CC(C)CCC1(C(=O)NSSc2ccccc2NC(=O)C2(CCC(C)C)CCCCC2)CCCCC1. The number of amides is 2. The van der Waals surface area contributed by atoms with E-state index >= 15 is 0 Å². The second-order valence-electron chi connectivity index (χ2n) is 12.1. The first kappa shape index (κ1) is 29.4. The van der Waals surface area contributed by atoms with Gasteiger partial charge in [-0.15, -0.1) is 0 Å². The van der Waals surface area contributed by atoms with Gasteiger partial charge in [-0.2, -0.15) is 0 Å². The molecular formula is C30H48N2O2S2. The molecule has 0 aliphatic heterocycles. The topological polar surface area (TPSA) is 58.2 Å². The molecule has 0 spiro atoms. The first-order chi connectivity index (χ1) is 17.3. The normalized spacial score (nSPS) is 19.3. The van der Waals surface area contributed by atoms with Gasteiger partial charge in [0.15, 0.2) is 0 Å². The molecule has 202 valence electrons. The largest absolute Gasteiger partial charge is 0.325 e. The second kappa shape index (κ2) is 14.1. The zero-order valence-corrected chi connectivity index (χ0v) is 24.6. The van der Waals surface area contributed by atoms with Crippen molar-refractivity contribution >= 4 is 39.3 Å². The van der Waals surface area contributed by atoms with Crippen molar-refractivity contribution in [3.8, 4) is 0 Å². The summed E-state index contributed by atoms with van der Waals surface area (Å²) in [6.07, 6.45) is 15.2. The first-order valence-electron chi connectivity index (χ1n) is 14.3. The number of hydrogen-bond acceptors (Lipinski definition) is 4. The summed E-state index contributed by atoms with van der Waals surface area (Å²) >= 11 is 0. The zero-order chi connectivity index (χ0) is 26.0. The van der Waals surface area contributed by atoms with E-state index in [0.29, 0.717) is 11.8 Å². The summed E-state index contributed by atoms with van der Waals surface area (Å²) in [6.45, 7) is 8.97. The van der Waals surface area contributed by atoms with Crippen molar-refractivity contribution in [2.24, 2.45) is 22.7 Å². The monoisotopic (exact) mass is 532 g/mol. The number of hydrogen-bond donors (Lipinski definition) is 2. The van der Waals surface area contributed by atoms with Gasteiger partial charge in [0.2, 0.25) is 11.8 Å². The maximum atomic E-state index is 13.6. The van der Waals surface area contributed by atoms with Crippen LogP contribution >= 0.6 is 21.8 Å².